The second-order valence-corrected chi connectivity index (χ2v) is 18.0. The molecule has 0 N–H and O–H groups in total. The standard InChI is InChI=1S/C46H91NO5/c1-38(2)30-32-42(40(5)6)36-51-45(48)28-23-19-15-11-13-17-21-26-44(50-35-25-34-47(9)10)27-22-18-14-12-16-20-24-29-46(49)52-37-43(41(7)8)33-31-39(3)4/h38-44H,11-37H2,1-10H3. The van der Waals surface area contributed by atoms with Crippen molar-refractivity contribution in [1.82, 2.24) is 4.90 Å². The van der Waals surface area contributed by atoms with E-state index in [4.69, 9.17) is 14.2 Å². The van der Waals surface area contributed by atoms with E-state index in [9.17, 15) is 9.59 Å². The van der Waals surface area contributed by atoms with Gasteiger partial charge >= 0.3 is 11.9 Å². The molecule has 6 nitrogen and oxygen atoms in total. The fraction of sp³-hybridized carbons (Fsp3) is 0.957. The number of ether oxygens (including phenoxy) is 3. The Labute approximate surface area is 325 Å². The van der Waals surface area contributed by atoms with Gasteiger partial charge in [0.15, 0.2) is 0 Å². The number of nitrogens with zero attached hydrogens (tertiary/aromatic N) is 1. The third-order valence-corrected chi connectivity index (χ3v) is 10.9. The summed E-state index contributed by atoms with van der Waals surface area (Å²) in [6.45, 7) is 21.1. The molecule has 0 bridgehead atoms. The lowest BCUT2D eigenvalue weighted by molar-refractivity contribution is -0.146. The summed E-state index contributed by atoms with van der Waals surface area (Å²) in [6, 6.07) is 0. The first kappa shape index (κ1) is 50.9. The van der Waals surface area contributed by atoms with E-state index in [1.807, 2.05) is 0 Å². The van der Waals surface area contributed by atoms with Crippen molar-refractivity contribution in [2.24, 2.45) is 35.5 Å². The van der Waals surface area contributed by atoms with Crippen LogP contribution in [-0.2, 0) is 23.8 Å². The lowest BCUT2D eigenvalue weighted by Gasteiger charge is -2.21. The first-order valence-electron chi connectivity index (χ1n) is 22.4. The van der Waals surface area contributed by atoms with Gasteiger partial charge in [0.05, 0.1) is 19.3 Å². The largest absolute Gasteiger partial charge is 0.465 e. The molecular weight excluding hydrogens is 647 g/mol. The van der Waals surface area contributed by atoms with Crippen LogP contribution in [0.25, 0.3) is 0 Å². The molecule has 0 spiro atoms. The van der Waals surface area contributed by atoms with Crippen LogP contribution in [0.15, 0.2) is 0 Å². The van der Waals surface area contributed by atoms with Gasteiger partial charge in [-0.25, -0.2) is 0 Å². The molecule has 2 atom stereocenters. The Kier molecular flexibility index (Phi) is 33.6. The monoisotopic (exact) mass is 738 g/mol. The molecule has 0 amide bonds. The molecule has 52 heavy (non-hydrogen) atoms. The third-order valence-electron chi connectivity index (χ3n) is 10.9. The first-order chi connectivity index (χ1) is 24.8. The molecule has 0 aromatic carbocycles. The van der Waals surface area contributed by atoms with Crippen LogP contribution in [0, 0.1) is 35.5 Å². The van der Waals surface area contributed by atoms with Gasteiger partial charge in [0.1, 0.15) is 0 Å². The lowest BCUT2D eigenvalue weighted by Crippen LogP contribution is -2.19. The molecule has 0 rings (SSSR count). The molecular formula is C46H91NO5. The maximum atomic E-state index is 12.3. The quantitative estimate of drug-likeness (QED) is 0.0467. The summed E-state index contributed by atoms with van der Waals surface area (Å²) >= 11 is 0. The number of carbonyl (C=O) groups is 2. The fourth-order valence-electron chi connectivity index (χ4n) is 6.85. The summed E-state index contributed by atoms with van der Waals surface area (Å²) in [6.07, 6.45) is 26.3. The van der Waals surface area contributed by atoms with Crippen molar-refractivity contribution in [2.75, 3.05) is 40.5 Å². The lowest BCUT2D eigenvalue weighted by atomic mass is 9.89. The van der Waals surface area contributed by atoms with Gasteiger partial charge in [0.2, 0.25) is 0 Å². The highest BCUT2D eigenvalue weighted by molar-refractivity contribution is 5.69. The molecule has 0 heterocycles. The van der Waals surface area contributed by atoms with Gasteiger partial charge < -0.3 is 19.1 Å². The second kappa shape index (κ2) is 34.4. The Morgan fingerprint density at radius 1 is 0.462 bits per heavy atom. The maximum Gasteiger partial charge on any atom is 0.305 e. The van der Waals surface area contributed by atoms with Crippen molar-refractivity contribution in [1.29, 1.82) is 0 Å². The van der Waals surface area contributed by atoms with Crippen molar-refractivity contribution in [2.45, 2.75) is 209 Å². The zero-order valence-corrected chi connectivity index (χ0v) is 36.6. The zero-order chi connectivity index (χ0) is 39.0. The van der Waals surface area contributed by atoms with Gasteiger partial charge in [-0.1, -0.05) is 145 Å². The van der Waals surface area contributed by atoms with Crippen LogP contribution in [0.1, 0.15) is 203 Å². The minimum absolute atomic E-state index is 0.0104. The zero-order valence-electron chi connectivity index (χ0n) is 36.6. The van der Waals surface area contributed by atoms with Gasteiger partial charge in [-0.05, 0) is 101 Å². The Balaban J connectivity index is 4.07. The van der Waals surface area contributed by atoms with Gasteiger partial charge in [0, 0.05) is 19.4 Å². The highest BCUT2D eigenvalue weighted by Gasteiger charge is 2.18. The number of carbonyl (C=O) groups excluding carboxylic acids is 2. The van der Waals surface area contributed by atoms with Crippen LogP contribution >= 0.6 is 0 Å². The summed E-state index contributed by atoms with van der Waals surface area (Å²) < 4.78 is 17.7. The highest BCUT2D eigenvalue weighted by Crippen LogP contribution is 2.23. The Morgan fingerprint density at radius 3 is 1.17 bits per heavy atom. The molecule has 310 valence electrons. The minimum Gasteiger partial charge on any atom is -0.465 e. The Bertz CT molecular complexity index is 753. The second-order valence-electron chi connectivity index (χ2n) is 18.0. The normalized spacial score (nSPS) is 13.8. The molecule has 0 aromatic rings. The van der Waals surface area contributed by atoms with E-state index < -0.39 is 0 Å². The van der Waals surface area contributed by atoms with Crippen molar-refractivity contribution in [3.05, 3.63) is 0 Å². The van der Waals surface area contributed by atoms with E-state index in [1.165, 1.54) is 89.9 Å². The van der Waals surface area contributed by atoms with Crippen LogP contribution in [0.5, 0.6) is 0 Å². The van der Waals surface area contributed by atoms with Crippen LogP contribution in [0.3, 0.4) is 0 Å². The predicted molar refractivity (Wildman–Crippen MR) is 223 cm³/mol. The van der Waals surface area contributed by atoms with E-state index in [0.717, 1.165) is 58.1 Å². The topological polar surface area (TPSA) is 65.1 Å². The minimum atomic E-state index is -0.0104. The first-order valence-corrected chi connectivity index (χ1v) is 22.4. The van der Waals surface area contributed by atoms with Crippen molar-refractivity contribution >= 4 is 11.9 Å². The van der Waals surface area contributed by atoms with Crippen molar-refractivity contribution in [3.63, 3.8) is 0 Å². The molecule has 0 aliphatic heterocycles. The Hall–Kier alpha value is -1.14. The number of rotatable bonds is 37. The number of esters is 2. The van der Waals surface area contributed by atoms with E-state index in [0.29, 0.717) is 67.7 Å². The number of hydrogen-bond donors (Lipinski definition) is 0. The third kappa shape index (κ3) is 33.4. The van der Waals surface area contributed by atoms with E-state index >= 15 is 0 Å². The summed E-state index contributed by atoms with van der Waals surface area (Å²) in [5, 5.41) is 0. The molecule has 0 aliphatic carbocycles. The molecule has 0 radical (unpaired) electrons. The van der Waals surface area contributed by atoms with Gasteiger partial charge in [-0.2, -0.15) is 0 Å². The summed E-state index contributed by atoms with van der Waals surface area (Å²) in [5.74, 6) is 3.45. The van der Waals surface area contributed by atoms with Crippen LogP contribution in [-0.4, -0.2) is 63.4 Å². The summed E-state index contributed by atoms with van der Waals surface area (Å²) in [4.78, 5) is 26.8. The highest BCUT2D eigenvalue weighted by atomic mass is 16.5. The average Bonchev–Trinajstić information content (AvgIpc) is 3.07. The van der Waals surface area contributed by atoms with Gasteiger partial charge in [0.25, 0.3) is 0 Å². The van der Waals surface area contributed by atoms with Crippen molar-refractivity contribution in [3.8, 4) is 0 Å². The van der Waals surface area contributed by atoms with Crippen LogP contribution in [0.4, 0.5) is 0 Å². The van der Waals surface area contributed by atoms with E-state index in [1.54, 1.807) is 0 Å². The fourth-order valence-corrected chi connectivity index (χ4v) is 6.85. The van der Waals surface area contributed by atoms with E-state index in [2.05, 4.69) is 74.4 Å². The molecule has 2 unspecified atom stereocenters. The molecule has 0 aliphatic rings. The van der Waals surface area contributed by atoms with E-state index in [-0.39, 0.29) is 11.9 Å². The summed E-state index contributed by atoms with van der Waals surface area (Å²) in [5.41, 5.74) is 0. The number of hydrogen-bond acceptors (Lipinski definition) is 6. The number of unbranched alkanes of at least 4 members (excludes halogenated alkanes) is 12. The molecule has 6 heteroatoms. The van der Waals surface area contributed by atoms with Crippen LogP contribution in [0.2, 0.25) is 0 Å². The molecule has 0 fully saturated rings. The summed E-state index contributed by atoms with van der Waals surface area (Å²) in [7, 11) is 4.26. The van der Waals surface area contributed by atoms with Gasteiger partial charge in [-0.3, -0.25) is 9.59 Å². The van der Waals surface area contributed by atoms with Gasteiger partial charge in [-0.15, -0.1) is 0 Å². The molecule has 0 saturated carbocycles. The molecule has 0 saturated heterocycles. The SMILES string of the molecule is CC(C)CCC(COC(=O)CCCCCCCCCC(CCCCCCCCCC(=O)OCC(CCC(C)C)C(C)C)OCCCN(C)C)C(C)C. The maximum absolute atomic E-state index is 12.3. The van der Waals surface area contributed by atoms with Crippen molar-refractivity contribution < 1.29 is 23.8 Å². The predicted octanol–water partition coefficient (Wildman–Crippen LogP) is 12.8. The molecule has 0 aromatic heterocycles. The Morgan fingerprint density at radius 2 is 0.827 bits per heavy atom. The average molecular weight is 738 g/mol. The van der Waals surface area contributed by atoms with Crippen LogP contribution < -0.4 is 0 Å². The smallest absolute Gasteiger partial charge is 0.305 e.